The van der Waals surface area contributed by atoms with Crippen LogP contribution in [0.25, 0.3) is 0 Å². The minimum atomic E-state index is -0.748. The molecule has 1 heterocycles. The summed E-state index contributed by atoms with van der Waals surface area (Å²) in [5.74, 6) is -0.748. The zero-order valence-electron chi connectivity index (χ0n) is 12.0. The molecule has 0 spiro atoms. The van der Waals surface area contributed by atoms with Crippen LogP contribution in [-0.2, 0) is 4.79 Å². The number of urea groups is 1. The van der Waals surface area contributed by atoms with Gasteiger partial charge in [0.05, 0.1) is 0 Å². The highest BCUT2D eigenvalue weighted by molar-refractivity contribution is 5.74. The molecule has 2 amide bonds. The van der Waals surface area contributed by atoms with Crippen molar-refractivity contribution in [3.8, 4) is 0 Å². The number of carboxylic acids is 1. The number of hydrogen-bond donors (Lipinski definition) is 2. The van der Waals surface area contributed by atoms with E-state index in [-0.39, 0.29) is 12.5 Å². The summed E-state index contributed by atoms with van der Waals surface area (Å²) >= 11 is 0. The van der Waals surface area contributed by atoms with Crippen molar-refractivity contribution in [3.63, 3.8) is 0 Å². The van der Waals surface area contributed by atoms with Crippen LogP contribution in [0.15, 0.2) is 0 Å². The minimum Gasteiger partial charge on any atom is -0.481 e. The van der Waals surface area contributed by atoms with Crippen LogP contribution in [0, 0.1) is 0 Å². The van der Waals surface area contributed by atoms with Crippen molar-refractivity contribution in [3.05, 3.63) is 0 Å². The number of nitrogens with one attached hydrogen (secondary N) is 1. The predicted molar refractivity (Wildman–Crippen MR) is 75.7 cm³/mol. The Bertz CT molecular complexity index is 337. The van der Waals surface area contributed by atoms with E-state index in [1.807, 2.05) is 4.90 Å². The Balaban J connectivity index is 1.50. The highest BCUT2D eigenvalue weighted by atomic mass is 16.4. The Kier molecular flexibility index (Phi) is 5.64. The van der Waals surface area contributed by atoms with E-state index in [4.69, 9.17) is 5.11 Å². The molecule has 1 aliphatic carbocycles. The number of carboxylic acid groups (broad SMARTS) is 1. The number of rotatable bonds is 7. The smallest absolute Gasteiger partial charge is 0.317 e. The zero-order valence-corrected chi connectivity index (χ0v) is 12.0. The molecule has 114 valence electrons. The highest BCUT2D eigenvalue weighted by Crippen LogP contribution is 2.27. The van der Waals surface area contributed by atoms with Crippen LogP contribution >= 0.6 is 0 Å². The number of amides is 2. The van der Waals surface area contributed by atoms with Crippen LogP contribution in [-0.4, -0.2) is 65.7 Å². The van der Waals surface area contributed by atoms with Crippen LogP contribution < -0.4 is 5.32 Å². The van der Waals surface area contributed by atoms with Crippen molar-refractivity contribution < 1.29 is 14.7 Å². The van der Waals surface area contributed by atoms with E-state index in [1.54, 1.807) is 0 Å². The van der Waals surface area contributed by atoms with Gasteiger partial charge in [0.25, 0.3) is 0 Å². The Morgan fingerprint density at radius 3 is 2.35 bits per heavy atom. The first kappa shape index (κ1) is 15.1. The third-order valence-electron chi connectivity index (χ3n) is 4.01. The number of carbonyl (C=O) groups is 2. The first-order valence-corrected chi connectivity index (χ1v) is 7.65. The van der Waals surface area contributed by atoms with E-state index in [9.17, 15) is 9.59 Å². The summed E-state index contributed by atoms with van der Waals surface area (Å²) in [5.41, 5.74) is 0. The maximum absolute atomic E-state index is 11.9. The lowest BCUT2D eigenvalue weighted by molar-refractivity contribution is -0.137. The summed E-state index contributed by atoms with van der Waals surface area (Å²) in [4.78, 5) is 26.6. The summed E-state index contributed by atoms with van der Waals surface area (Å²) in [7, 11) is 0. The van der Waals surface area contributed by atoms with Gasteiger partial charge in [0, 0.05) is 45.2 Å². The van der Waals surface area contributed by atoms with Gasteiger partial charge in [0.1, 0.15) is 0 Å². The summed E-state index contributed by atoms with van der Waals surface area (Å²) in [5, 5.41) is 11.4. The van der Waals surface area contributed by atoms with Gasteiger partial charge in [-0.3, -0.25) is 9.69 Å². The number of aliphatic carboxylic acids is 1. The lowest BCUT2D eigenvalue weighted by atomic mass is 10.2. The Hall–Kier alpha value is -1.30. The van der Waals surface area contributed by atoms with Crippen LogP contribution in [0.4, 0.5) is 4.79 Å². The monoisotopic (exact) mass is 283 g/mol. The molecule has 2 rings (SSSR count). The average molecular weight is 283 g/mol. The van der Waals surface area contributed by atoms with Gasteiger partial charge in [-0.25, -0.2) is 4.79 Å². The number of nitrogens with zero attached hydrogens (tertiary/aromatic N) is 2. The van der Waals surface area contributed by atoms with E-state index >= 15 is 0 Å². The van der Waals surface area contributed by atoms with Gasteiger partial charge in [-0.05, 0) is 25.7 Å². The number of carbonyl (C=O) groups excluding carboxylic acids is 1. The van der Waals surface area contributed by atoms with Gasteiger partial charge in [-0.1, -0.05) is 6.42 Å². The third-order valence-corrected chi connectivity index (χ3v) is 4.01. The number of hydrogen-bond acceptors (Lipinski definition) is 3. The Labute approximate surface area is 120 Å². The molecule has 0 bridgehead atoms. The van der Waals surface area contributed by atoms with E-state index in [0.717, 1.165) is 45.1 Å². The Morgan fingerprint density at radius 1 is 1.05 bits per heavy atom. The number of piperazine rings is 1. The molecule has 0 aromatic carbocycles. The second kappa shape index (κ2) is 7.47. The van der Waals surface area contributed by atoms with Crippen LogP contribution in [0.1, 0.15) is 38.5 Å². The SMILES string of the molecule is O=C(O)CCCCCNC(=O)N1CCN(C2CC2)CC1. The quantitative estimate of drug-likeness (QED) is 0.687. The Morgan fingerprint density at radius 2 is 1.75 bits per heavy atom. The molecule has 2 N–H and O–H groups in total. The van der Waals surface area contributed by atoms with Gasteiger partial charge in [0.15, 0.2) is 0 Å². The van der Waals surface area contributed by atoms with Crippen LogP contribution in [0.3, 0.4) is 0 Å². The maximum Gasteiger partial charge on any atom is 0.317 e. The van der Waals surface area contributed by atoms with Crippen LogP contribution in [0.2, 0.25) is 0 Å². The standard InChI is InChI=1S/C14H25N3O3/c18-13(19)4-2-1-3-7-15-14(20)17-10-8-16(9-11-17)12-5-6-12/h12H,1-11H2,(H,15,20)(H,18,19). The topological polar surface area (TPSA) is 72.9 Å². The second-order valence-corrected chi connectivity index (χ2v) is 5.69. The summed E-state index contributed by atoms with van der Waals surface area (Å²) in [6.07, 6.45) is 5.25. The van der Waals surface area contributed by atoms with Crippen molar-refractivity contribution >= 4 is 12.0 Å². The molecular weight excluding hydrogens is 258 g/mol. The van der Waals surface area contributed by atoms with Crippen molar-refractivity contribution in [1.82, 2.24) is 15.1 Å². The van der Waals surface area contributed by atoms with Crippen LogP contribution in [0.5, 0.6) is 0 Å². The van der Waals surface area contributed by atoms with Gasteiger partial charge in [0.2, 0.25) is 0 Å². The largest absolute Gasteiger partial charge is 0.481 e. The highest BCUT2D eigenvalue weighted by Gasteiger charge is 2.32. The fourth-order valence-electron chi connectivity index (χ4n) is 2.61. The first-order valence-electron chi connectivity index (χ1n) is 7.65. The molecule has 1 saturated heterocycles. The molecule has 0 radical (unpaired) electrons. The summed E-state index contributed by atoms with van der Waals surface area (Å²) in [6.45, 7) is 4.28. The lowest BCUT2D eigenvalue weighted by Crippen LogP contribution is -2.52. The van der Waals surface area contributed by atoms with Crippen molar-refractivity contribution in [1.29, 1.82) is 0 Å². The molecule has 6 nitrogen and oxygen atoms in total. The summed E-state index contributed by atoms with van der Waals surface area (Å²) in [6, 6.07) is 0.813. The van der Waals surface area contributed by atoms with E-state index < -0.39 is 5.97 Å². The van der Waals surface area contributed by atoms with Crippen molar-refractivity contribution in [2.24, 2.45) is 0 Å². The molecule has 0 aromatic rings. The first-order chi connectivity index (χ1) is 9.66. The van der Waals surface area contributed by atoms with Gasteiger partial charge in [-0.2, -0.15) is 0 Å². The van der Waals surface area contributed by atoms with Gasteiger partial charge < -0.3 is 15.3 Å². The fourth-order valence-corrected chi connectivity index (χ4v) is 2.61. The molecule has 2 aliphatic rings. The van der Waals surface area contributed by atoms with Gasteiger partial charge in [-0.15, -0.1) is 0 Å². The second-order valence-electron chi connectivity index (χ2n) is 5.69. The molecule has 1 saturated carbocycles. The van der Waals surface area contributed by atoms with E-state index in [1.165, 1.54) is 12.8 Å². The molecule has 0 atom stereocenters. The molecule has 20 heavy (non-hydrogen) atoms. The van der Waals surface area contributed by atoms with Crippen molar-refractivity contribution in [2.45, 2.75) is 44.6 Å². The maximum atomic E-state index is 11.9. The van der Waals surface area contributed by atoms with E-state index in [0.29, 0.717) is 13.0 Å². The molecule has 0 aromatic heterocycles. The fraction of sp³-hybridized carbons (Fsp3) is 0.857. The average Bonchev–Trinajstić information content (AvgIpc) is 3.27. The molecule has 0 unspecified atom stereocenters. The molecule has 1 aliphatic heterocycles. The molecule has 6 heteroatoms. The minimum absolute atomic E-state index is 0.0266. The molecular formula is C14H25N3O3. The summed E-state index contributed by atoms with van der Waals surface area (Å²) < 4.78 is 0. The normalized spacial score (nSPS) is 19.9. The molecule has 2 fully saturated rings. The zero-order chi connectivity index (χ0) is 14.4. The number of unbranched alkanes of at least 4 members (excludes halogenated alkanes) is 2. The third kappa shape index (κ3) is 5.00. The van der Waals surface area contributed by atoms with E-state index in [2.05, 4.69) is 10.2 Å². The van der Waals surface area contributed by atoms with Crippen molar-refractivity contribution in [2.75, 3.05) is 32.7 Å². The van der Waals surface area contributed by atoms with Gasteiger partial charge >= 0.3 is 12.0 Å². The lowest BCUT2D eigenvalue weighted by Gasteiger charge is -2.34. The predicted octanol–water partition coefficient (Wildman–Crippen LogP) is 1.12.